The van der Waals surface area contributed by atoms with E-state index in [2.05, 4.69) is 10.6 Å². The number of hydrogen-bond donors (Lipinski definition) is 3. The molecule has 0 aliphatic rings. The zero-order chi connectivity index (χ0) is 14.8. The van der Waals surface area contributed by atoms with Crippen LogP contribution < -0.4 is 15.4 Å². The zero-order valence-electron chi connectivity index (χ0n) is 11.9. The van der Waals surface area contributed by atoms with Crippen molar-refractivity contribution in [1.82, 2.24) is 5.32 Å². The molecule has 0 heterocycles. The second-order valence-electron chi connectivity index (χ2n) is 4.32. The molecule has 0 aromatic heterocycles. The first kappa shape index (κ1) is 16.4. The number of carbonyl (C=O) groups is 1. The molecule has 0 saturated carbocycles. The molecule has 0 saturated heterocycles. The van der Waals surface area contributed by atoms with Gasteiger partial charge in [0.2, 0.25) is 5.91 Å². The van der Waals surface area contributed by atoms with Gasteiger partial charge < -0.3 is 25.2 Å². The Kier molecular flexibility index (Phi) is 7.64. The Morgan fingerprint density at radius 1 is 1.35 bits per heavy atom. The molecule has 0 spiro atoms. The maximum atomic E-state index is 11.7. The summed E-state index contributed by atoms with van der Waals surface area (Å²) in [7, 11) is 3.10. The molecule has 1 rings (SSSR count). The van der Waals surface area contributed by atoms with E-state index in [9.17, 15) is 9.90 Å². The van der Waals surface area contributed by atoms with E-state index in [-0.39, 0.29) is 12.5 Å². The molecule has 0 aliphatic heterocycles. The van der Waals surface area contributed by atoms with Crippen LogP contribution in [0.25, 0.3) is 0 Å². The molecule has 0 bridgehead atoms. The number of nitrogens with one attached hydrogen (secondary N) is 2. The van der Waals surface area contributed by atoms with E-state index in [1.165, 1.54) is 7.11 Å². The number of ether oxygens (including phenoxy) is 2. The van der Waals surface area contributed by atoms with Crippen molar-refractivity contribution in [3.8, 4) is 5.75 Å². The third kappa shape index (κ3) is 6.01. The van der Waals surface area contributed by atoms with Crippen molar-refractivity contribution in [1.29, 1.82) is 0 Å². The third-order valence-corrected chi connectivity index (χ3v) is 2.68. The number of methoxy groups -OCH3 is 2. The number of aliphatic hydroxyl groups excluding tert-OH is 1. The highest BCUT2D eigenvalue weighted by atomic mass is 16.5. The van der Waals surface area contributed by atoms with Crippen LogP contribution in [-0.4, -0.2) is 51.0 Å². The summed E-state index contributed by atoms with van der Waals surface area (Å²) < 4.78 is 9.96. The van der Waals surface area contributed by atoms with Crippen molar-refractivity contribution in [2.75, 3.05) is 39.2 Å². The van der Waals surface area contributed by atoms with Crippen LogP contribution in [0.5, 0.6) is 5.75 Å². The van der Waals surface area contributed by atoms with Gasteiger partial charge in [0.05, 0.1) is 32.1 Å². The number of aliphatic hydroxyl groups is 1. The molecule has 3 N–H and O–H groups in total. The molecule has 0 aliphatic carbocycles. The smallest absolute Gasteiger partial charge is 0.238 e. The number of hydrogen-bond acceptors (Lipinski definition) is 5. The van der Waals surface area contributed by atoms with Gasteiger partial charge in [0.1, 0.15) is 5.75 Å². The molecule has 0 fully saturated rings. The van der Waals surface area contributed by atoms with Crippen LogP contribution in [0.4, 0.5) is 5.69 Å². The molecule has 6 heteroatoms. The predicted molar refractivity (Wildman–Crippen MR) is 77.0 cm³/mol. The molecule has 20 heavy (non-hydrogen) atoms. The van der Waals surface area contributed by atoms with Crippen LogP contribution in [0.2, 0.25) is 0 Å². The Morgan fingerprint density at radius 2 is 2.10 bits per heavy atom. The molecule has 0 radical (unpaired) electrons. The van der Waals surface area contributed by atoms with Crippen molar-refractivity contribution in [3.05, 3.63) is 24.3 Å². The van der Waals surface area contributed by atoms with Crippen molar-refractivity contribution in [2.24, 2.45) is 0 Å². The zero-order valence-corrected chi connectivity index (χ0v) is 11.9. The molecular formula is C14H22N2O4. The summed E-state index contributed by atoms with van der Waals surface area (Å²) >= 11 is 0. The van der Waals surface area contributed by atoms with E-state index < -0.39 is 6.10 Å². The molecule has 1 unspecified atom stereocenters. The van der Waals surface area contributed by atoms with Gasteiger partial charge in [-0.15, -0.1) is 0 Å². The van der Waals surface area contributed by atoms with Crippen molar-refractivity contribution >= 4 is 11.6 Å². The minimum atomic E-state index is -0.509. The molecule has 1 aromatic carbocycles. The lowest BCUT2D eigenvalue weighted by Crippen LogP contribution is -2.31. The number of amides is 1. The SMILES string of the molecule is COCC(O)CCNCC(=O)Nc1ccccc1OC. The first-order valence-corrected chi connectivity index (χ1v) is 6.48. The van der Waals surface area contributed by atoms with Gasteiger partial charge in [0, 0.05) is 7.11 Å². The maximum absolute atomic E-state index is 11.7. The molecular weight excluding hydrogens is 260 g/mol. The van der Waals surface area contributed by atoms with Crippen LogP contribution in [0.1, 0.15) is 6.42 Å². The lowest BCUT2D eigenvalue weighted by atomic mass is 10.2. The number of para-hydroxylation sites is 2. The summed E-state index contributed by atoms with van der Waals surface area (Å²) in [6.07, 6.45) is 0.0280. The van der Waals surface area contributed by atoms with Crippen LogP contribution in [-0.2, 0) is 9.53 Å². The van der Waals surface area contributed by atoms with Gasteiger partial charge in [-0.25, -0.2) is 0 Å². The fraction of sp³-hybridized carbons (Fsp3) is 0.500. The molecule has 112 valence electrons. The second kappa shape index (κ2) is 9.30. The lowest BCUT2D eigenvalue weighted by Gasteiger charge is -2.11. The minimum Gasteiger partial charge on any atom is -0.495 e. The highest BCUT2D eigenvalue weighted by molar-refractivity contribution is 5.93. The molecule has 1 aromatic rings. The van der Waals surface area contributed by atoms with E-state index >= 15 is 0 Å². The maximum Gasteiger partial charge on any atom is 0.238 e. The van der Waals surface area contributed by atoms with E-state index in [1.807, 2.05) is 12.1 Å². The highest BCUT2D eigenvalue weighted by Gasteiger charge is 2.07. The third-order valence-electron chi connectivity index (χ3n) is 2.68. The fourth-order valence-corrected chi connectivity index (χ4v) is 1.69. The monoisotopic (exact) mass is 282 g/mol. The van der Waals surface area contributed by atoms with Crippen molar-refractivity contribution < 1.29 is 19.4 Å². The topological polar surface area (TPSA) is 79.8 Å². The van der Waals surface area contributed by atoms with Crippen molar-refractivity contribution in [2.45, 2.75) is 12.5 Å². The Bertz CT molecular complexity index is 412. The van der Waals surface area contributed by atoms with Crippen LogP contribution in [0, 0.1) is 0 Å². The normalized spacial score (nSPS) is 11.9. The molecule has 1 atom stereocenters. The first-order valence-electron chi connectivity index (χ1n) is 6.48. The number of anilines is 1. The quantitative estimate of drug-likeness (QED) is 0.579. The number of carbonyl (C=O) groups excluding carboxylic acids is 1. The van der Waals surface area contributed by atoms with Gasteiger partial charge in [-0.3, -0.25) is 4.79 Å². The Labute approximate surface area is 119 Å². The summed E-state index contributed by atoms with van der Waals surface area (Å²) in [4.78, 5) is 11.7. The van der Waals surface area contributed by atoms with Gasteiger partial charge >= 0.3 is 0 Å². The van der Waals surface area contributed by atoms with E-state index in [0.29, 0.717) is 31.0 Å². The van der Waals surface area contributed by atoms with Gasteiger partial charge in [0.25, 0.3) is 0 Å². The number of rotatable bonds is 9. The van der Waals surface area contributed by atoms with Gasteiger partial charge in [-0.2, -0.15) is 0 Å². The lowest BCUT2D eigenvalue weighted by molar-refractivity contribution is -0.115. The average molecular weight is 282 g/mol. The average Bonchev–Trinajstić information content (AvgIpc) is 2.44. The van der Waals surface area contributed by atoms with Gasteiger partial charge in [0.15, 0.2) is 0 Å². The largest absolute Gasteiger partial charge is 0.495 e. The Hall–Kier alpha value is -1.63. The fourth-order valence-electron chi connectivity index (χ4n) is 1.69. The van der Waals surface area contributed by atoms with Crippen LogP contribution in [0.3, 0.4) is 0 Å². The Balaban J connectivity index is 2.27. The Morgan fingerprint density at radius 3 is 2.80 bits per heavy atom. The second-order valence-corrected chi connectivity index (χ2v) is 4.32. The minimum absolute atomic E-state index is 0.157. The van der Waals surface area contributed by atoms with E-state index in [1.54, 1.807) is 19.2 Å². The highest BCUT2D eigenvalue weighted by Crippen LogP contribution is 2.22. The summed E-state index contributed by atoms with van der Waals surface area (Å²) in [6.45, 7) is 1.02. The summed E-state index contributed by atoms with van der Waals surface area (Å²) in [5.41, 5.74) is 0.640. The summed E-state index contributed by atoms with van der Waals surface area (Å²) in [5.74, 6) is 0.465. The first-order chi connectivity index (χ1) is 9.67. The van der Waals surface area contributed by atoms with Gasteiger partial charge in [-0.1, -0.05) is 12.1 Å². The van der Waals surface area contributed by atoms with Crippen LogP contribution in [0.15, 0.2) is 24.3 Å². The number of benzene rings is 1. The molecule has 6 nitrogen and oxygen atoms in total. The summed E-state index contributed by atoms with van der Waals surface area (Å²) in [5, 5.41) is 15.2. The predicted octanol–water partition coefficient (Wildman–Crippen LogP) is 0.621. The van der Waals surface area contributed by atoms with Gasteiger partial charge in [-0.05, 0) is 25.1 Å². The van der Waals surface area contributed by atoms with Crippen LogP contribution >= 0.6 is 0 Å². The van der Waals surface area contributed by atoms with Crippen molar-refractivity contribution in [3.63, 3.8) is 0 Å². The summed E-state index contributed by atoms with van der Waals surface area (Å²) in [6, 6.07) is 7.22. The van der Waals surface area contributed by atoms with E-state index in [4.69, 9.17) is 9.47 Å². The molecule has 1 amide bonds. The van der Waals surface area contributed by atoms with E-state index in [0.717, 1.165) is 0 Å². The standard InChI is InChI=1S/C14H22N2O4/c1-19-10-11(17)7-8-15-9-14(18)16-12-5-3-4-6-13(12)20-2/h3-6,11,15,17H,7-10H2,1-2H3,(H,16,18).